The van der Waals surface area contributed by atoms with Gasteiger partial charge in [-0.3, -0.25) is 9.89 Å². The fourth-order valence-electron chi connectivity index (χ4n) is 2.95. The number of benzene rings is 2. The number of carbonyl (C=O) groups is 1. The molecule has 0 aliphatic rings. The Bertz CT molecular complexity index is 1160. The third-order valence-electron chi connectivity index (χ3n) is 4.94. The summed E-state index contributed by atoms with van der Waals surface area (Å²) in [6.45, 7) is 4.28. The van der Waals surface area contributed by atoms with Crippen LogP contribution >= 0.6 is 23.1 Å². The van der Waals surface area contributed by atoms with E-state index < -0.39 is 0 Å². The lowest BCUT2D eigenvalue weighted by Crippen LogP contribution is -2.31. The zero-order valence-electron chi connectivity index (χ0n) is 17.5. The lowest BCUT2D eigenvalue weighted by Gasteiger charge is -2.22. The molecule has 2 heterocycles. The molecule has 0 saturated carbocycles. The summed E-state index contributed by atoms with van der Waals surface area (Å²) in [6, 6.07) is 15.7. The minimum Gasteiger partial charge on any atom is -0.485 e. The summed E-state index contributed by atoms with van der Waals surface area (Å²) in [7, 11) is 1.80. The first kappa shape index (κ1) is 21.3. The topological polar surface area (TPSA) is 84.0 Å². The number of H-pyrrole nitrogens is 1. The number of ether oxygens (including phenoxy) is 1. The van der Waals surface area contributed by atoms with Crippen molar-refractivity contribution in [3.8, 4) is 5.75 Å². The number of aromatic nitrogens is 4. The van der Waals surface area contributed by atoms with Crippen LogP contribution in [0, 0.1) is 6.92 Å². The maximum atomic E-state index is 12.7. The Balaban J connectivity index is 1.30. The molecule has 1 atom stereocenters. The van der Waals surface area contributed by atoms with Crippen molar-refractivity contribution in [3.05, 3.63) is 64.9 Å². The Morgan fingerprint density at radius 2 is 1.97 bits per heavy atom. The number of carbonyl (C=O) groups excluding carboxylic acids is 1. The van der Waals surface area contributed by atoms with Crippen molar-refractivity contribution in [2.45, 2.75) is 31.7 Å². The summed E-state index contributed by atoms with van der Waals surface area (Å²) >= 11 is 2.92. The van der Waals surface area contributed by atoms with Crippen molar-refractivity contribution in [1.82, 2.24) is 25.1 Å². The molecule has 0 aliphatic carbocycles. The SMILES string of the molecule is Cc1ccccc1OCc1nc(SCC(=O)N(C)C(C)c2nc3ccccc3s2)n[nH]1. The molecule has 2 aromatic carbocycles. The molecule has 1 amide bonds. The quantitative estimate of drug-likeness (QED) is 0.392. The van der Waals surface area contributed by atoms with Gasteiger partial charge in [0, 0.05) is 7.05 Å². The Hall–Kier alpha value is -2.91. The number of rotatable bonds is 8. The third kappa shape index (κ3) is 5.05. The Morgan fingerprint density at radius 1 is 1.19 bits per heavy atom. The number of thiazole rings is 1. The van der Waals surface area contributed by atoms with Gasteiger partial charge in [-0.2, -0.15) is 0 Å². The number of amides is 1. The number of fused-ring (bicyclic) bond motifs is 1. The van der Waals surface area contributed by atoms with Crippen molar-refractivity contribution in [1.29, 1.82) is 0 Å². The van der Waals surface area contributed by atoms with Crippen molar-refractivity contribution in [3.63, 3.8) is 0 Å². The second-order valence-electron chi connectivity index (χ2n) is 7.11. The molecule has 0 radical (unpaired) electrons. The molecule has 160 valence electrons. The number of para-hydroxylation sites is 2. The van der Waals surface area contributed by atoms with Gasteiger partial charge in [0.1, 0.15) is 17.4 Å². The molecule has 0 fully saturated rings. The van der Waals surface area contributed by atoms with E-state index >= 15 is 0 Å². The molecular formula is C22H23N5O2S2. The van der Waals surface area contributed by atoms with Gasteiger partial charge < -0.3 is 9.64 Å². The van der Waals surface area contributed by atoms with Crippen LogP contribution in [0.4, 0.5) is 0 Å². The van der Waals surface area contributed by atoms with Gasteiger partial charge in [0.05, 0.1) is 22.0 Å². The van der Waals surface area contributed by atoms with Crippen LogP contribution in [-0.2, 0) is 11.4 Å². The smallest absolute Gasteiger partial charge is 0.233 e. The third-order valence-corrected chi connectivity index (χ3v) is 6.97. The number of aromatic amines is 1. The largest absolute Gasteiger partial charge is 0.485 e. The molecule has 7 nitrogen and oxygen atoms in total. The van der Waals surface area contributed by atoms with Gasteiger partial charge in [-0.1, -0.05) is 42.1 Å². The standard InChI is InChI=1S/C22H23N5O2S2/c1-14-8-4-6-10-17(14)29-12-19-24-22(26-25-19)30-13-20(28)27(3)15(2)21-23-16-9-5-7-11-18(16)31-21/h4-11,15H,12-13H2,1-3H3,(H,24,25,26). The molecule has 4 rings (SSSR count). The predicted molar refractivity (Wildman–Crippen MR) is 123 cm³/mol. The molecule has 31 heavy (non-hydrogen) atoms. The zero-order chi connectivity index (χ0) is 21.8. The van der Waals surface area contributed by atoms with Crippen molar-refractivity contribution in [2.75, 3.05) is 12.8 Å². The van der Waals surface area contributed by atoms with Crippen LogP contribution in [-0.4, -0.2) is 43.8 Å². The average Bonchev–Trinajstić information content (AvgIpc) is 3.42. The first-order valence-corrected chi connectivity index (χ1v) is 11.6. The maximum Gasteiger partial charge on any atom is 0.233 e. The lowest BCUT2D eigenvalue weighted by molar-refractivity contribution is -0.128. The van der Waals surface area contributed by atoms with Crippen LogP contribution in [0.1, 0.15) is 29.4 Å². The van der Waals surface area contributed by atoms with Crippen LogP contribution in [0.3, 0.4) is 0 Å². The van der Waals surface area contributed by atoms with E-state index in [2.05, 4.69) is 20.2 Å². The van der Waals surface area contributed by atoms with Crippen molar-refractivity contribution >= 4 is 39.2 Å². The second-order valence-corrected chi connectivity index (χ2v) is 9.11. The van der Waals surface area contributed by atoms with Crippen LogP contribution in [0.5, 0.6) is 5.75 Å². The fourth-order valence-corrected chi connectivity index (χ4v) is 4.75. The summed E-state index contributed by atoms with van der Waals surface area (Å²) < 4.78 is 6.91. The molecule has 9 heteroatoms. The van der Waals surface area contributed by atoms with Gasteiger partial charge in [-0.15, -0.1) is 16.4 Å². The highest BCUT2D eigenvalue weighted by atomic mass is 32.2. The molecular weight excluding hydrogens is 430 g/mol. The molecule has 1 N–H and O–H groups in total. The van der Waals surface area contributed by atoms with E-state index in [1.807, 2.05) is 62.4 Å². The fraction of sp³-hybridized carbons (Fsp3) is 0.273. The summed E-state index contributed by atoms with van der Waals surface area (Å²) in [4.78, 5) is 23.5. The molecule has 0 aliphatic heterocycles. The van der Waals surface area contributed by atoms with E-state index in [9.17, 15) is 4.79 Å². The zero-order valence-corrected chi connectivity index (χ0v) is 19.2. The average molecular weight is 454 g/mol. The normalized spacial score (nSPS) is 12.1. The number of hydrogen-bond donors (Lipinski definition) is 1. The van der Waals surface area contributed by atoms with E-state index in [0.29, 0.717) is 17.6 Å². The number of aryl methyl sites for hydroxylation is 1. The molecule has 1 unspecified atom stereocenters. The van der Waals surface area contributed by atoms with Gasteiger partial charge in [0.15, 0.2) is 5.82 Å². The van der Waals surface area contributed by atoms with Gasteiger partial charge in [0.25, 0.3) is 0 Å². The molecule has 0 spiro atoms. The first-order valence-electron chi connectivity index (χ1n) is 9.85. The Kier molecular flexibility index (Phi) is 6.53. The van der Waals surface area contributed by atoms with Gasteiger partial charge in [0.2, 0.25) is 11.1 Å². The van der Waals surface area contributed by atoms with E-state index in [1.165, 1.54) is 11.8 Å². The van der Waals surface area contributed by atoms with E-state index in [1.54, 1.807) is 23.3 Å². The van der Waals surface area contributed by atoms with Crippen LogP contribution in [0.2, 0.25) is 0 Å². The van der Waals surface area contributed by atoms with E-state index in [0.717, 1.165) is 26.5 Å². The maximum absolute atomic E-state index is 12.7. The second kappa shape index (κ2) is 9.49. The Morgan fingerprint density at radius 3 is 2.77 bits per heavy atom. The van der Waals surface area contributed by atoms with Crippen molar-refractivity contribution < 1.29 is 9.53 Å². The minimum atomic E-state index is -0.101. The highest BCUT2D eigenvalue weighted by Crippen LogP contribution is 2.29. The molecule has 4 aromatic rings. The Labute approximate surface area is 188 Å². The van der Waals surface area contributed by atoms with Crippen LogP contribution < -0.4 is 4.74 Å². The first-order chi connectivity index (χ1) is 15.0. The summed E-state index contributed by atoms with van der Waals surface area (Å²) in [5, 5.41) is 8.50. The highest BCUT2D eigenvalue weighted by Gasteiger charge is 2.21. The van der Waals surface area contributed by atoms with Crippen LogP contribution in [0.15, 0.2) is 53.7 Å². The number of thioether (sulfide) groups is 1. The lowest BCUT2D eigenvalue weighted by atomic mass is 10.2. The highest BCUT2D eigenvalue weighted by molar-refractivity contribution is 7.99. The monoisotopic (exact) mass is 453 g/mol. The number of nitrogens with zero attached hydrogens (tertiary/aromatic N) is 4. The molecule has 0 saturated heterocycles. The molecule has 0 bridgehead atoms. The van der Waals surface area contributed by atoms with Crippen molar-refractivity contribution in [2.24, 2.45) is 0 Å². The predicted octanol–water partition coefficient (Wildman–Crippen LogP) is 4.61. The molecule has 2 aromatic heterocycles. The van der Waals surface area contributed by atoms with Gasteiger partial charge >= 0.3 is 0 Å². The minimum absolute atomic E-state index is 0.000679. The number of nitrogens with one attached hydrogen (secondary N) is 1. The van der Waals surface area contributed by atoms with E-state index in [4.69, 9.17) is 4.74 Å². The summed E-state index contributed by atoms with van der Waals surface area (Å²) in [6.07, 6.45) is 0. The van der Waals surface area contributed by atoms with Gasteiger partial charge in [-0.05, 0) is 37.6 Å². The number of hydrogen-bond acceptors (Lipinski definition) is 7. The van der Waals surface area contributed by atoms with Crippen LogP contribution in [0.25, 0.3) is 10.2 Å². The van der Waals surface area contributed by atoms with E-state index in [-0.39, 0.29) is 17.7 Å². The van der Waals surface area contributed by atoms with Gasteiger partial charge in [-0.25, -0.2) is 9.97 Å². The summed E-state index contributed by atoms with van der Waals surface area (Å²) in [5.41, 5.74) is 2.03. The summed E-state index contributed by atoms with van der Waals surface area (Å²) in [5.74, 6) is 1.68.